The number of fused-ring (bicyclic) bond motifs is 2. The molecule has 8 nitrogen and oxygen atoms in total. The number of benzene rings is 2. The van der Waals surface area contributed by atoms with Crippen molar-refractivity contribution < 1.29 is 18.3 Å². The van der Waals surface area contributed by atoms with Crippen molar-refractivity contribution in [3.05, 3.63) is 70.8 Å². The van der Waals surface area contributed by atoms with Crippen molar-refractivity contribution in [3.8, 4) is 17.1 Å². The van der Waals surface area contributed by atoms with Crippen LogP contribution in [-0.4, -0.2) is 61.1 Å². The number of nitrogens with zero attached hydrogens (tertiary/aromatic N) is 1. The Morgan fingerprint density at radius 3 is 2.24 bits per heavy atom. The first-order valence-corrected chi connectivity index (χ1v) is 14.3. The van der Waals surface area contributed by atoms with Crippen molar-refractivity contribution in [3.63, 3.8) is 0 Å². The van der Waals surface area contributed by atoms with E-state index >= 15 is 0 Å². The van der Waals surface area contributed by atoms with Gasteiger partial charge in [-0.2, -0.15) is 0 Å². The molecule has 0 atom stereocenters. The molecule has 4 N–H and O–H groups in total. The lowest BCUT2D eigenvalue weighted by Crippen LogP contribution is -2.25. The Morgan fingerprint density at radius 1 is 0.919 bits per heavy atom. The van der Waals surface area contributed by atoms with Crippen LogP contribution in [-0.2, 0) is 10.0 Å². The summed E-state index contributed by atoms with van der Waals surface area (Å²) in [6.45, 7) is 7.87. The highest BCUT2D eigenvalue weighted by Gasteiger charge is 2.34. The van der Waals surface area contributed by atoms with E-state index in [1.807, 2.05) is 0 Å². The molecule has 0 saturated carbocycles. The third-order valence-corrected chi connectivity index (χ3v) is 8.42. The van der Waals surface area contributed by atoms with Crippen LogP contribution in [0.2, 0.25) is 0 Å². The van der Waals surface area contributed by atoms with Crippen molar-refractivity contribution in [1.29, 1.82) is 5.41 Å². The van der Waals surface area contributed by atoms with Crippen LogP contribution < -0.4 is 4.72 Å². The molecule has 1 aliphatic carbocycles. The highest BCUT2D eigenvalue weighted by atomic mass is 32.2. The van der Waals surface area contributed by atoms with Gasteiger partial charge in [-0.15, -0.1) is 0 Å². The Bertz CT molecular complexity index is 1390. The van der Waals surface area contributed by atoms with Crippen LogP contribution in [0, 0.1) is 5.41 Å². The molecule has 2 aromatic carbocycles. The normalized spacial score (nSPS) is 13.2. The molecular formula is C28H34N4O4S. The van der Waals surface area contributed by atoms with Crippen LogP contribution in [0.4, 0.5) is 0 Å². The van der Waals surface area contributed by atoms with Gasteiger partial charge in [0.05, 0.1) is 27.4 Å². The molecule has 0 amide bonds. The lowest BCUT2D eigenvalue weighted by atomic mass is 9.84. The Hall–Kier alpha value is -3.27. The molecule has 1 aromatic heterocycles. The number of carbonyl (C=O) groups excluding carboxylic acids is 1. The number of hydrogen-bond donors (Lipinski definition) is 4. The number of sulfonamides is 1. The molecule has 0 unspecified atom stereocenters. The smallest absolute Gasteiger partial charge is 0.240 e. The number of ketones is 1. The van der Waals surface area contributed by atoms with Crippen LogP contribution >= 0.6 is 0 Å². The summed E-state index contributed by atoms with van der Waals surface area (Å²) in [4.78, 5) is 18.6. The quantitative estimate of drug-likeness (QED) is 0.203. The lowest BCUT2D eigenvalue weighted by Gasteiger charge is -2.17. The van der Waals surface area contributed by atoms with Gasteiger partial charge in [0.2, 0.25) is 10.0 Å². The molecule has 0 radical (unpaired) electrons. The lowest BCUT2D eigenvalue weighted by molar-refractivity contribution is 0.103. The van der Waals surface area contributed by atoms with Gasteiger partial charge in [-0.1, -0.05) is 63.1 Å². The van der Waals surface area contributed by atoms with Crippen molar-refractivity contribution in [2.75, 3.05) is 26.2 Å². The van der Waals surface area contributed by atoms with E-state index in [4.69, 9.17) is 5.41 Å². The Labute approximate surface area is 218 Å². The molecule has 196 valence electrons. The van der Waals surface area contributed by atoms with E-state index in [0.717, 1.165) is 45.3 Å². The molecule has 0 aliphatic heterocycles. The minimum absolute atomic E-state index is 0.0710. The fourth-order valence-corrected chi connectivity index (χ4v) is 5.86. The predicted octanol–water partition coefficient (Wildman–Crippen LogP) is 4.53. The Morgan fingerprint density at radius 2 is 1.57 bits per heavy atom. The summed E-state index contributed by atoms with van der Waals surface area (Å²) < 4.78 is 28.2. The Kier molecular flexibility index (Phi) is 8.26. The van der Waals surface area contributed by atoms with Crippen LogP contribution in [0.15, 0.2) is 53.4 Å². The predicted molar refractivity (Wildman–Crippen MR) is 145 cm³/mol. The molecule has 0 saturated heterocycles. The number of carbonyl (C=O) groups is 1. The largest absolute Gasteiger partial charge is 0.494 e. The van der Waals surface area contributed by atoms with Crippen molar-refractivity contribution in [2.45, 2.75) is 44.4 Å². The van der Waals surface area contributed by atoms with Gasteiger partial charge in [-0.05, 0) is 50.2 Å². The summed E-state index contributed by atoms with van der Waals surface area (Å²) in [5, 5.41) is 19.0. The van der Waals surface area contributed by atoms with Gasteiger partial charge < -0.3 is 15.0 Å². The van der Waals surface area contributed by atoms with E-state index in [-0.39, 0.29) is 33.4 Å². The number of aromatic amines is 1. The summed E-state index contributed by atoms with van der Waals surface area (Å²) in [7, 11) is -3.66. The molecule has 1 aliphatic rings. The number of aromatic nitrogens is 1. The number of nitrogens with one attached hydrogen (secondary N) is 3. The molecule has 9 heteroatoms. The molecule has 37 heavy (non-hydrogen) atoms. The van der Waals surface area contributed by atoms with Crippen LogP contribution in [0.3, 0.4) is 0 Å². The first kappa shape index (κ1) is 26.8. The number of H-pyrrole nitrogens is 1. The third-order valence-electron chi connectivity index (χ3n) is 6.94. The topological polar surface area (TPSA) is 126 Å². The standard InChI is InChI=1S/C28H34N4O4S/c1-3-32(4-2)18-10-6-5-9-17-30-37(35,36)20-15-13-19(14-16-20)26-24-23(28(34)31-26)25(29)21-11-7-8-12-22(21)27(24)33/h7-8,11-16,29-31,34H,3-6,9-10,17-18H2,1-2H3. The molecule has 0 spiro atoms. The van der Waals surface area contributed by atoms with Crippen molar-refractivity contribution >= 4 is 21.5 Å². The van der Waals surface area contributed by atoms with E-state index in [1.165, 1.54) is 12.1 Å². The molecule has 4 rings (SSSR count). The van der Waals surface area contributed by atoms with E-state index < -0.39 is 10.0 Å². The van der Waals surface area contributed by atoms with Gasteiger partial charge >= 0.3 is 0 Å². The zero-order valence-electron chi connectivity index (χ0n) is 21.3. The van der Waals surface area contributed by atoms with Crippen LogP contribution in [0.1, 0.15) is 66.6 Å². The average molecular weight is 523 g/mol. The summed E-state index contributed by atoms with van der Waals surface area (Å²) >= 11 is 0. The van der Waals surface area contributed by atoms with E-state index in [9.17, 15) is 18.3 Å². The second-order valence-corrected chi connectivity index (χ2v) is 11.0. The van der Waals surface area contributed by atoms with E-state index in [2.05, 4.69) is 28.5 Å². The van der Waals surface area contributed by atoms with Crippen molar-refractivity contribution in [1.82, 2.24) is 14.6 Å². The molecule has 1 heterocycles. The number of aromatic hydroxyl groups is 1. The minimum atomic E-state index is -3.66. The molecular weight excluding hydrogens is 488 g/mol. The maximum absolute atomic E-state index is 13.2. The summed E-state index contributed by atoms with van der Waals surface area (Å²) in [6.07, 6.45) is 3.93. The maximum Gasteiger partial charge on any atom is 0.240 e. The monoisotopic (exact) mass is 522 g/mol. The zero-order chi connectivity index (χ0) is 26.6. The first-order chi connectivity index (χ1) is 17.8. The first-order valence-electron chi connectivity index (χ1n) is 12.8. The maximum atomic E-state index is 13.2. The number of hydrogen-bond acceptors (Lipinski definition) is 6. The third kappa shape index (κ3) is 5.53. The van der Waals surface area contributed by atoms with Gasteiger partial charge in [-0.3, -0.25) is 10.2 Å². The molecule has 0 bridgehead atoms. The number of unbranched alkanes of at least 4 members (excludes halogenated alkanes) is 3. The SMILES string of the molecule is CCN(CC)CCCCCCNS(=O)(=O)c1ccc(-c2[nH]c(O)c3c2C(=O)c2ccccc2C3=N)cc1. The van der Waals surface area contributed by atoms with Gasteiger partial charge in [0.15, 0.2) is 11.7 Å². The fraction of sp³-hybridized carbons (Fsp3) is 0.357. The zero-order valence-corrected chi connectivity index (χ0v) is 22.1. The highest BCUT2D eigenvalue weighted by Crippen LogP contribution is 2.39. The summed E-state index contributed by atoms with van der Waals surface area (Å²) in [5.41, 5.74) is 2.23. The van der Waals surface area contributed by atoms with Crippen molar-refractivity contribution in [2.24, 2.45) is 0 Å². The second-order valence-electron chi connectivity index (χ2n) is 9.21. The fourth-order valence-electron chi connectivity index (χ4n) is 4.79. The summed E-state index contributed by atoms with van der Waals surface area (Å²) in [5.74, 6) is -0.545. The second kappa shape index (κ2) is 11.4. The van der Waals surface area contributed by atoms with E-state index in [0.29, 0.717) is 28.9 Å². The summed E-state index contributed by atoms with van der Waals surface area (Å²) in [6, 6.07) is 13.0. The van der Waals surface area contributed by atoms with Gasteiger partial charge in [0, 0.05) is 17.7 Å². The molecule has 3 aromatic rings. The van der Waals surface area contributed by atoms with Gasteiger partial charge in [0.1, 0.15) is 0 Å². The number of rotatable bonds is 12. The van der Waals surface area contributed by atoms with E-state index in [1.54, 1.807) is 36.4 Å². The van der Waals surface area contributed by atoms with Crippen LogP contribution in [0.5, 0.6) is 5.88 Å². The van der Waals surface area contributed by atoms with Gasteiger partial charge in [0.25, 0.3) is 0 Å². The van der Waals surface area contributed by atoms with Crippen LogP contribution in [0.25, 0.3) is 11.3 Å². The Balaban J connectivity index is 1.41. The molecule has 0 fully saturated rings. The average Bonchev–Trinajstić information content (AvgIpc) is 3.26. The highest BCUT2D eigenvalue weighted by molar-refractivity contribution is 7.89. The minimum Gasteiger partial charge on any atom is -0.494 e. The van der Waals surface area contributed by atoms with Gasteiger partial charge in [-0.25, -0.2) is 13.1 Å².